The maximum Gasteiger partial charge on any atom is 0.149 e. The number of fused-ring (bicyclic) bond motifs is 1. The Hall–Kier alpha value is -1.93. The van der Waals surface area contributed by atoms with Crippen molar-refractivity contribution in [3.05, 3.63) is 65.2 Å². The van der Waals surface area contributed by atoms with Gasteiger partial charge in [0.25, 0.3) is 0 Å². The summed E-state index contributed by atoms with van der Waals surface area (Å²) in [5.41, 5.74) is 2.27. The highest BCUT2D eigenvalue weighted by Crippen LogP contribution is 2.41. The lowest BCUT2D eigenvalue weighted by molar-refractivity contribution is 0.277. The Morgan fingerprint density at radius 2 is 2.05 bits per heavy atom. The fraction of sp³-hybridized carbons (Fsp3) is 0.222. The molecule has 0 aliphatic carbocycles. The monoisotopic (exact) mass is 300 g/mol. The van der Waals surface area contributed by atoms with Crippen LogP contribution >= 0.6 is 11.6 Å². The largest absolute Gasteiger partial charge is 0.493 e. The molecule has 0 fully saturated rings. The van der Waals surface area contributed by atoms with Crippen LogP contribution < -0.4 is 9.47 Å². The Labute approximate surface area is 130 Å². The van der Waals surface area contributed by atoms with Crippen molar-refractivity contribution in [1.29, 1.82) is 0 Å². The average Bonchev–Trinajstić information content (AvgIpc) is 2.50. The molecule has 1 aliphatic rings. The zero-order valence-electron chi connectivity index (χ0n) is 11.9. The minimum absolute atomic E-state index is 0.291. The van der Waals surface area contributed by atoms with Gasteiger partial charge >= 0.3 is 0 Å². The van der Waals surface area contributed by atoms with Gasteiger partial charge in [-0.3, -0.25) is 0 Å². The van der Waals surface area contributed by atoms with E-state index in [2.05, 4.69) is 6.58 Å². The average molecular weight is 301 g/mol. The molecule has 2 aromatic carbocycles. The number of hydrogen-bond donors (Lipinski definition) is 0. The van der Waals surface area contributed by atoms with Crippen LogP contribution in [0.2, 0.25) is 5.02 Å². The topological polar surface area (TPSA) is 18.5 Å². The molecule has 0 bridgehead atoms. The molecule has 0 saturated carbocycles. The van der Waals surface area contributed by atoms with Crippen LogP contribution in [-0.4, -0.2) is 6.61 Å². The number of rotatable bonds is 3. The molecule has 0 aromatic heterocycles. The molecule has 3 heteroatoms. The summed E-state index contributed by atoms with van der Waals surface area (Å²) in [6.07, 6.45) is 2.88. The summed E-state index contributed by atoms with van der Waals surface area (Å²) < 4.78 is 11.6. The second-order valence-electron chi connectivity index (χ2n) is 5.21. The van der Waals surface area contributed by atoms with Crippen molar-refractivity contribution in [1.82, 2.24) is 0 Å². The molecule has 0 amide bonds. The summed E-state index contributed by atoms with van der Waals surface area (Å²) in [5.74, 6) is 2.50. The van der Waals surface area contributed by atoms with Crippen LogP contribution in [0.4, 0.5) is 0 Å². The highest BCUT2D eigenvalue weighted by molar-refractivity contribution is 6.32. The molecule has 1 heterocycles. The zero-order chi connectivity index (χ0) is 14.8. The van der Waals surface area contributed by atoms with Gasteiger partial charge in [0, 0.05) is 17.5 Å². The molecule has 3 rings (SSSR count). The quantitative estimate of drug-likeness (QED) is 0.698. The molecule has 0 spiro atoms. The second kappa shape index (κ2) is 5.82. The van der Waals surface area contributed by atoms with Gasteiger partial charge < -0.3 is 9.47 Å². The number of benzene rings is 2. The molecule has 2 aromatic rings. The SMILES string of the molecule is C=CC1CCOc2cc(Oc3ccc(C)cc3)c(Cl)cc21. The lowest BCUT2D eigenvalue weighted by Gasteiger charge is -2.24. The molecule has 108 valence electrons. The van der Waals surface area contributed by atoms with Crippen molar-refractivity contribution in [3.8, 4) is 17.2 Å². The minimum atomic E-state index is 0.291. The Bertz CT molecular complexity index is 662. The first kappa shape index (κ1) is 14.0. The van der Waals surface area contributed by atoms with Crippen molar-refractivity contribution in [2.24, 2.45) is 0 Å². The number of allylic oxidation sites excluding steroid dienone is 1. The molecule has 0 radical (unpaired) electrons. The molecule has 2 nitrogen and oxygen atoms in total. The number of hydrogen-bond acceptors (Lipinski definition) is 2. The Morgan fingerprint density at radius 3 is 2.76 bits per heavy atom. The van der Waals surface area contributed by atoms with Crippen LogP contribution in [0.25, 0.3) is 0 Å². The third-order valence-corrected chi connectivity index (χ3v) is 3.98. The van der Waals surface area contributed by atoms with E-state index in [0.29, 0.717) is 23.3 Å². The second-order valence-corrected chi connectivity index (χ2v) is 5.62. The maximum atomic E-state index is 6.35. The summed E-state index contributed by atoms with van der Waals surface area (Å²) in [5, 5.41) is 0.590. The van der Waals surface area contributed by atoms with Crippen LogP contribution in [0, 0.1) is 6.92 Å². The molecule has 1 aliphatic heterocycles. The summed E-state index contributed by atoms with van der Waals surface area (Å²) in [6.45, 7) is 6.61. The van der Waals surface area contributed by atoms with Crippen LogP contribution in [0.3, 0.4) is 0 Å². The van der Waals surface area contributed by atoms with Crippen LogP contribution in [0.15, 0.2) is 49.1 Å². The first-order valence-electron chi connectivity index (χ1n) is 7.00. The van der Waals surface area contributed by atoms with E-state index in [0.717, 1.165) is 23.5 Å². The standard InChI is InChI=1S/C18H17ClO2/c1-3-13-8-9-20-17-11-18(16(19)10-15(13)17)21-14-6-4-12(2)5-7-14/h3-7,10-11,13H,1,8-9H2,2H3. The lowest BCUT2D eigenvalue weighted by Crippen LogP contribution is -2.12. The third kappa shape index (κ3) is 2.91. The van der Waals surface area contributed by atoms with Gasteiger partial charge in [-0.2, -0.15) is 0 Å². The fourth-order valence-electron chi connectivity index (χ4n) is 2.47. The Balaban J connectivity index is 1.93. The molecule has 1 unspecified atom stereocenters. The van der Waals surface area contributed by atoms with E-state index in [1.54, 1.807) is 0 Å². The summed E-state index contributed by atoms with van der Waals surface area (Å²) in [6, 6.07) is 11.7. The van der Waals surface area contributed by atoms with Gasteiger partial charge in [0.05, 0.1) is 11.6 Å². The van der Waals surface area contributed by atoms with Gasteiger partial charge in [-0.05, 0) is 31.5 Å². The molecule has 0 saturated heterocycles. The Morgan fingerprint density at radius 1 is 1.29 bits per heavy atom. The number of aryl methyl sites for hydroxylation is 1. The van der Waals surface area contributed by atoms with Gasteiger partial charge in [0.15, 0.2) is 0 Å². The van der Waals surface area contributed by atoms with Gasteiger partial charge in [-0.15, -0.1) is 6.58 Å². The maximum absolute atomic E-state index is 6.35. The first-order valence-corrected chi connectivity index (χ1v) is 7.38. The predicted molar refractivity (Wildman–Crippen MR) is 85.8 cm³/mol. The van der Waals surface area contributed by atoms with E-state index < -0.39 is 0 Å². The van der Waals surface area contributed by atoms with Crippen molar-refractivity contribution in [2.75, 3.05) is 6.61 Å². The van der Waals surface area contributed by atoms with E-state index in [9.17, 15) is 0 Å². The van der Waals surface area contributed by atoms with E-state index in [1.807, 2.05) is 49.4 Å². The van der Waals surface area contributed by atoms with Gasteiger partial charge in [0.1, 0.15) is 17.2 Å². The van der Waals surface area contributed by atoms with Crippen molar-refractivity contribution >= 4 is 11.6 Å². The molecular formula is C18H17ClO2. The number of halogens is 1. The molecule has 21 heavy (non-hydrogen) atoms. The third-order valence-electron chi connectivity index (χ3n) is 3.68. The molecule has 0 N–H and O–H groups in total. The Kier molecular flexibility index (Phi) is 3.89. The summed E-state index contributed by atoms with van der Waals surface area (Å²) >= 11 is 6.35. The molecule has 1 atom stereocenters. The van der Waals surface area contributed by atoms with E-state index in [-0.39, 0.29) is 0 Å². The normalized spacial score (nSPS) is 16.8. The van der Waals surface area contributed by atoms with Gasteiger partial charge in [-0.1, -0.05) is 35.4 Å². The number of ether oxygens (including phenoxy) is 2. The van der Waals surface area contributed by atoms with E-state index in [1.165, 1.54) is 5.56 Å². The zero-order valence-corrected chi connectivity index (χ0v) is 12.7. The van der Waals surface area contributed by atoms with Crippen molar-refractivity contribution < 1.29 is 9.47 Å². The summed E-state index contributed by atoms with van der Waals surface area (Å²) in [7, 11) is 0. The fourth-order valence-corrected chi connectivity index (χ4v) is 2.68. The summed E-state index contributed by atoms with van der Waals surface area (Å²) in [4.78, 5) is 0. The van der Waals surface area contributed by atoms with Gasteiger partial charge in [0.2, 0.25) is 0 Å². The van der Waals surface area contributed by atoms with E-state index >= 15 is 0 Å². The van der Waals surface area contributed by atoms with Gasteiger partial charge in [-0.25, -0.2) is 0 Å². The van der Waals surface area contributed by atoms with Crippen LogP contribution in [0.1, 0.15) is 23.5 Å². The van der Waals surface area contributed by atoms with Crippen molar-refractivity contribution in [3.63, 3.8) is 0 Å². The first-order chi connectivity index (χ1) is 10.2. The van der Waals surface area contributed by atoms with Crippen molar-refractivity contribution in [2.45, 2.75) is 19.3 Å². The highest BCUT2D eigenvalue weighted by atomic mass is 35.5. The van der Waals surface area contributed by atoms with Crippen LogP contribution in [0.5, 0.6) is 17.2 Å². The minimum Gasteiger partial charge on any atom is -0.493 e. The molecular weight excluding hydrogens is 284 g/mol. The smallest absolute Gasteiger partial charge is 0.149 e. The highest BCUT2D eigenvalue weighted by Gasteiger charge is 2.21. The van der Waals surface area contributed by atoms with E-state index in [4.69, 9.17) is 21.1 Å². The van der Waals surface area contributed by atoms with Crippen LogP contribution in [-0.2, 0) is 0 Å². The predicted octanol–water partition coefficient (Wildman–Crippen LogP) is 5.49. The lowest BCUT2D eigenvalue weighted by atomic mass is 9.93.